The van der Waals surface area contributed by atoms with E-state index in [-0.39, 0.29) is 11.5 Å². The summed E-state index contributed by atoms with van der Waals surface area (Å²) in [7, 11) is 0. The molecule has 2 aliphatic rings. The Bertz CT molecular complexity index is 661. The van der Waals surface area contributed by atoms with Gasteiger partial charge in [0.15, 0.2) is 17.0 Å². The Kier molecular flexibility index (Phi) is 3.88. The second-order valence-corrected chi connectivity index (χ2v) is 6.35. The number of halogens is 1. The summed E-state index contributed by atoms with van der Waals surface area (Å²) in [5, 5.41) is 0.283. The molecule has 0 radical (unpaired) electrons. The summed E-state index contributed by atoms with van der Waals surface area (Å²) in [6.07, 6.45) is 8.78. The van der Waals surface area contributed by atoms with Gasteiger partial charge in [0, 0.05) is 19.7 Å². The van der Waals surface area contributed by atoms with Gasteiger partial charge in [0.05, 0.1) is 6.33 Å². The number of hydrogen-bond donors (Lipinski definition) is 0. The van der Waals surface area contributed by atoms with Crippen LogP contribution in [0.5, 0.6) is 0 Å². The summed E-state index contributed by atoms with van der Waals surface area (Å²) in [6, 6.07) is 0. The molecule has 22 heavy (non-hydrogen) atoms. The summed E-state index contributed by atoms with van der Waals surface area (Å²) < 4.78 is 7.87. The third kappa shape index (κ3) is 2.54. The van der Waals surface area contributed by atoms with Crippen molar-refractivity contribution < 1.29 is 4.74 Å². The average molecular weight is 322 g/mol. The van der Waals surface area contributed by atoms with Crippen molar-refractivity contribution in [1.82, 2.24) is 19.5 Å². The maximum atomic E-state index is 6.18. The van der Waals surface area contributed by atoms with Gasteiger partial charge < -0.3 is 9.64 Å². The zero-order chi connectivity index (χ0) is 14.9. The fraction of sp³-hybridized carbons (Fsp3) is 0.667. The van der Waals surface area contributed by atoms with Gasteiger partial charge in [-0.2, -0.15) is 9.97 Å². The van der Waals surface area contributed by atoms with Crippen LogP contribution in [0.1, 0.15) is 44.8 Å². The van der Waals surface area contributed by atoms with Gasteiger partial charge in [0.1, 0.15) is 6.23 Å². The van der Waals surface area contributed by atoms with Gasteiger partial charge in [0.25, 0.3) is 0 Å². The van der Waals surface area contributed by atoms with Gasteiger partial charge in [-0.05, 0) is 50.1 Å². The molecule has 1 unspecified atom stereocenters. The number of ether oxygens (including phenoxy) is 1. The molecule has 2 aromatic rings. The van der Waals surface area contributed by atoms with Crippen LogP contribution in [0.4, 0.5) is 5.82 Å². The molecule has 4 rings (SSSR count). The summed E-state index contributed by atoms with van der Waals surface area (Å²) in [5.74, 6) is 0.865. The molecule has 2 saturated heterocycles. The molecule has 2 aromatic heterocycles. The molecule has 0 spiro atoms. The predicted molar refractivity (Wildman–Crippen MR) is 85.2 cm³/mol. The molecule has 0 amide bonds. The Morgan fingerprint density at radius 1 is 1.09 bits per heavy atom. The molecule has 2 aliphatic heterocycles. The van der Waals surface area contributed by atoms with Crippen molar-refractivity contribution in [3.8, 4) is 0 Å². The van der Waals surface area contributed by atoms with E-state index >= 15 is 0 Å². The van der Waals surface area contributed by atoms with E-state index in [4.69, 9.17) is 16.3 Å². The molecule has 0 bridgehead atoms. The largest absolute Gasteiger partial charge is 0.358 e. The Labute approximate surface area is 134 Å². The molecule has 1 atom stereocenters. The smallest absolute Gasteiger partial charge is 0.226 e. The Balaban J connectivity index is 1.76. The van der Waals surface area contributed by atoms with E-state index in [1.807, 2.05) is 10.9 Å². The lowest BCUT2D eigenvalue weighted by Gasteiger charge is -2.28. The van der Waals surface area contributed by atoms with Crippen molar-refractivity contribution in [2.45, 2.75) is 44.8 Å². The lowest BCUT2D eigenvalue weighted by Crippen LogP contribution is -2.30. The van der Waals surface area contributed by atoms with Crippen LogP contribution in [0.15, 0.2) is 6.33 Å². The molecule has 0 aromatic carbocycles. The van der Waals surface area contributed by atoms with Crippen LogP contribution >= 0.6 is 11.6 Å². The molecule has 0 aliphatic carbocycles. The lowest BCUT2D eigenvalue weighted by molar-refractivity contribution is -0.0298. The van der Waals surface area contributed by atoms with Crippen molar-refractivity contribution in [2.24, 2.45) is 0 Å². The third-order valence-electron chi connectivity index (χ3n) is 4.50. The second kappa shape index (κ2) is 6.01. The summed E-state index contributed by atoms with van der Waals surface area (Å²) >= 11 is 6.18. The molecule has 4 heterocycles. The third-order valence-corrected chi connectivity index (χ3v) is 4.67. The topological polar surface area (TPSA) is 56.1 Å². The molecule has 6 nitrogen and oxygen atoms in total. The van der Waals surface area contributed by atoms with Gasteiger partial charge in [-0.15, -0.1) is 0 Å². The SMILES string of the molecule is Clc1nc(N2CCCCC2)c2ncn(C3CCCCO3)c2n1. The first kappa shape index (κ1) is 14.2. The first-order valence-electron chi connectivity index (χ1n) is 8.09. The van der Waals surface area contributed by atoms with Gasteiger partial charge in [-0.3, -0.25) is 4.57 Å². The van der Waals surface area contributed by atoms with Crippen molar-refractivity contribution in [2.75, 3.05) is 24.6 Å². The van der Waals surface area contributed by atoms with Crippen LogP contribution in [0.25, 0.3) is 11.2 Å². The average Bonchev–Trinajstić information content (AvgIpc) is 2.99. The van der Waals surface area contributed by atoms with Crippen LogP contribution in [0, 0.1) is 0 Å². The number of piperidine rings is 1. The fourth-order valence-corrected chi connectivity index (χ4v) is 3.52. The number of aromatic nitrogens is 4. The van der Waals surface area contributed by atoms with Crippen LogP contribution in [0.2, 0.25) is 5.28 Å². The highest BCUT2D eigenvalue weighted by Gasteiger charge is 2.23. The molecular formula is C15H20ClN5O. The second-order valence-electron chi connectivity index (χ2n) is 6.01. The number of fused-ring (bicyclic) bond motifs is 1. The fourth-order valence-electron chi connectivity index (χ4n) is 3.36. The zero-order valence-electron chi connectivity index (χ0n) is 12.5. The van der Waals surface area contributed by atoms with Crippen molar-refractivity contribution in [1.29, 1.82) is 0 Å². The van der Waals surface area contributed by atoms with E-state index in [2.05, 4.69) is 19.9 Å². The Hall–Kier alpha value is -1.40. The summed E-state index contributed by atoms with van der Waals surface area (Å²) in [6.45, 7) is 2.81. The van der Waals surface area contributed by atoms with Crippen molar-refractivity contribution in [3.05, 3.63) is 11.6 Å². The molecule has 7 heteroatoms. The predicted octanol–water partition coefficient (Wildman–Crippen LogP) is 3.17. The minimum absolute atomic E-state index is 0.0129. The lowest BCUT2D eigenvalue weighted by atomic mass is 10.1. The number of nitrogens with zero attached hydrogens (tertiary/aromatic N) is 5. The minimum Gasteiger partial charge on any atom is -0.358 e. The molecule has 0 N–H and O–H groups in total. The Morgan fingerprint density at radius 3 is 2.73 bits per heavy atom. The normalized spacial score (nSPS) is 23.1. The van der Waals surface area contributed by atoms with Gasteiger partial charge >= 0.3 is 0 Å². The first-order valence-corrected chi connectivity index (χ1v) is 8.47. The van der Waals surface area contributed by atoms with E-state index in [1.165, 1.54) is 25.7 Å². The summed E-state index contributed by atoms with van der Waals surface area (Å²) in [5.41, 5.74) is 1.62. The number of hydrogen-bond acceptors (Lipinski definition) is 5. The maximum absolute atomic E-state index is 6.18. The highest BCUT2D eigenvalue weighted by molar-refractivity contribution is 6.28. The molecular weight excluding hydrogens is 302 g/mol. The Morgan fingerprint density at radius 2 is 1.95 bits per heavy atom. The van der Waals surface area contributed by atoms with Crippen LogP contribution in [-0.4, -0.2) is 39.2 Å². The molecule has 2 fully saturated rings. The standard InChI is InChI=1S/C15H20ClN5O/c16-15-18-13(20-7-3-1-4-8-20)12-14(19-15)21(10-17-12)11-6-2-5-9-22-11/h10-11H,1-9H2. The van der Waals surface area contributed by atoms with E-state index in [1.54, 1.807) is 0 Å². The number of anilines is 1. The number of rotatable bonds is 2. The highest BCUT2D eigenvalue weighted by Crippen LogP contribution is 2.30. The molecule has 0 saturated carbocycles. The van der Waals surface area contributed by atoms with Gasteiger partial charge in [0.2, 0.25) is 5.28 Å². The summed E-state index contributed by atoms with van der Waals surface area (Å²) in [4.78, 5) is 15.7. The van der Waals surface area contributed by atoms with Gasteiger partial charge in [-0.1, -0.05) is 0 Å². The zero-order valence-corrected chi connectivity index (χ0v) is 13.3. The maximum Gasteiger partial charge on any atom is 0.226 e. The van der Waals surface area contributed by atoms with Crippen LogP contribution in [-0.2, 0) is 4.74 Å². The van der Waals surface area contributed by atoms with Gasteiger partial charge in [-0.25, -0.2) is 4.98 Å². The molecule has 118 valence electrons. The quantitative estimate of drug-likeness (QED) is 0.795. The van der Waals surface area contributed by atoms with E-state index in [0.29, 0.717) is 0 Å². The van der Waals surface area contributed by atoms with Crippen molar-refractivity contribution >= 4 is 28.6 Å². The van der Waals surface area contributed by atoms with E-state index in [0.717, 1.165) is 49.5 Å². The van der Waals surface area contributed by atoms with E-state index in [9.17, 15) is 0 Å². The monoisotopic (exact) mass is 321 g/mol. The number of imidazole rings is 1. The van der Waals surface area contributed by atoms with Crippen LogP contribution in [0.3, 0.4) is 0 Å². The highest BCUT2D eigenvalue weighted by atomic mass is 35.5. The minimum atomic E-state index is 0.0129. The first-order chi connectivity index (χ1) is 10.8. The van der Waals surface area contributed by atoms with Crippen LogP contribution < -0.4 is 4.90 Å². The van der Waals surface area contributed by atoms with Crippen molar-refractivity contribution in [3.63, 3.8) is 0 Å². The van der Waals surface area contributed by atoms with E-state index < -0.39 is 0 Å².